The summed E-state index contributed by atoms with van der Waals surface area (Å²) >= 11 is 11.7. The largest absolute Gasteiger partial charge is 0.451 e. The standard InChI is InChI=1S/C13H10Cl2F3N5O/c14-8-2-1-7(5-9(8)15)19-12(24)22-3-4-23-10(6-22)20-21-11(23)13(16,17)18/h1-2,5H,3-4,6H2,(H,19,24). The molecular weight excluding hydrogens is 370 g/mol. The first-order chi connectivity index (χ1) is 11.3. The van der Waals surface area contributed by atoms with E-state index in [0.29, 0.717) is 10.7 Å². The molecule has 0 radical (unpaired) electrons. The van der Waals surface area contributed by atoms with Gasteiger partial charge in [-0.1, -0.05) is 23.2 Å². The number of nitrogens with zero attached hydrogens (tertiary/aromatic N) is 4. The predicted molar refractivity (Wildman–Crippen MR) is 80.9 cm³/mol. The third-order valence-corrected chi connectivity index (χ3v) is 4.20. The second-order valence-corrected chi connectivity index (χ2v) is 5.88. The Balaban J connectivity index is 1.72. The lowest BCUT2D eigenvalue weighted by Crippen LogP contribution is -2.41. The number of alkyl halides is 3. The fraction of sp³-hybridized carbons (Fsp3) is 0.308. The first-order valence-electron chi connectivity index (χ1n) is 6.76. The molecule has 1 aromatic carbocycles. The maximum Gasteiger partial charge on any atom is 0.451 e. The van der Waals surface area contributed by atoms with Crippen LogP contribution in [0, 0.1) is 0 Å². The Hall–Kier alpha value is -2.00. The summed E-state index contributed by atoms with van der Waals surface area (Å²) in [6.07, 6.45) is -4.57. The molecule has 1 aromatic heterocycles. The molecule has 0 saturated carbocycles. The molecule has 0 spiro atoms. The van der Waals surface area contributed by atoms with Crippen LogP contribution in [0.5, 0.6) is 0 Å². The fourth-order valence-electron chi connectivity index (χ4n) is 2.32. The van der Waals surface area contributed by atoms with Crippen LogP contribution < -0.4 is 5.32 Å². The average molecular weight is 380 g/mol. The van der Waals surface area contributed by atoms with Crippen LogP contribution in [0.3, 0.4) is 0 Å². The number of aromatic nitrogens is 3. The number of benzene rings is 1. The smallest absolute Gasteiger partial charge is 0.315 e. The SMILES string of the molecule is O=C(Nc1ccc(Cl)c(Cl)c1)N1CCn2c(nnc2C(F)(F)F)C1. The van der Waals surface area contributed by atoms with E-state index in [0.717, 1.165) is 4.57 Å². The van der Waals surface area contributed by atoms with Crippen LogP contribution in [-0.2, 0) is 19.3 Å². The van der Waals surface area contributed by atoms with Crippen LogP contribution in [0.2, 0.25) is 10.0 Å². The van der Waals surface area contributed by atoms with Gasteiger partial charge in [0, 0.05) is 18.8 Å². The molecule has 0 unspecified atom stereocenters. The summed E-state index contributed by atoms with van der Waals surface area (Å²) < 4.78 is 39.3. The van der Waals surface area contributed by atoms with Crippen molar-refractivity contribution in [2.45, 2.75) is 19.3 Å². The van der Waals surface area contributed by atoms with E-state index in [2.05, 4.69) is 15.5 Å². The highest BCUT2D eigenvalue weighted by Crippen LogP contribution is 2.30. The first kappa shape index (κ1) is 16.8. The minimum absolute atomic E-state index is 0.0357. The quantitative estimate of drug-likeness (QED) is 0.822. The second-order valence-electron chi connectivity index (χ2n) is 5.07. The maximum absolute atomic E-state index is 12.8. The topological polar surface area (TPSA) is 63.1 Å². The van der Waals surface area contributed by atoms with E-state index in [-0.39, 0.29) is 30.5 Å². The van der Waals surface area contributed by atoms with E-state index in [1.54, 1.807) is 6.07 Å². The van der Waals surface area contributed by atoms with Crippen molar-refractivity contribution in [1.82, 2.24) is 19.7 Å². The number of carbonyl (C=O) groups is 1. The Labute approximate surface area is 144 Å². The molecule has 128 valence electrons. The van der Waals surface area contributed by atoms with Gasteiger partial charge < -0.3 is 14.8 Å². The minimum Gasteiger partial charge on any atom is -0.315 e. The van der Waals surface area contributed by atoms with Crippen molar-refractivity contribution >= 4 is 34.9 Å². The Morgan fingerprint density at radius 2 is 1.92 bits per heavy atom. The van der Waals surface area contributed by atoms with Crippen LogP contribution in [0.1, 0.15) is 11.6 Å². The van der Waals surface area contributed by atoms with Gasteiger partial charge in [0.2, 0.25) is 5.82 Å². The third-order valence-electron chi connectivity index (χ3n) is 3.46. The Kier molecular flexibility index (Phi) is 4.31. The van der Waals surface area contributed by atoms with Gasteiger partial charge >= 0.3 is 12.2 Å². The van der Waals surface area contributed by atoms with Crippen LogP contribution in [0.4, 0.5) is 23.7 Å². The monoisotopic (exact) mass is 379 g/mol. The molecule has 0 bridgehead atoms. The molecule has 2 aromatic rings. The summed E-state index contributed by atoms with van der Waals surface area (Å²) in [7, 11) is 0. The van der Waals surface area contributed by atoms with E-state index < -0.39 is 18.0 Å². The summed E-state index contributed by atoms with van der Waals surface area (Å²) in [5.41, 5.74) is 0.428. The van der Waals surface area contributed by atoms with Crippen LogP contribution in [0.25, 0.3) is 0 Å². The number of fused-ring (bicyclic) bond motifs is 1. The lowest BCUT2D eigenvalue weighted by Gasteiger charge is -2.28. The molecule has 24 heavy (non-hydrogen) atoms. The van der Waals surface area contributed by atoms with Crippen molar-refractivity contribution in [3.8, 4) is 0 Å². The van der Waals surface area contributed by atoms with Crippen molar-refractivity contribution in [3.63, 3.8) is 0 Å². The van der Waals surface area contributed by atoms with Gasteiger partial charge in [-0.05, 0) is 18.2 Å². The average Bonchev–Trinajstić information content (AvgIpc) is 2.94. The zero-order chi connectivity index (χ0) is 17.5. The summed E-state index contributed by atoms with van der Waals surface area (Å²) in [6, 6.07) is 4.11. The van der Waals surface area contributed by atoms with Crippen molar-refractivity contribution < 1.29 is 18.0 Å². The number of rotatable bonds is 1. The zero-order valence-corrected chi connectivity index (χ0v) is 13.5. The number of anilines is 1. The predicted octanol–water partition coefficient (Wildman–Crippen LogP) is 3.65. The van der Waals surface area contributed by atoms with Gasteiger partial charge in [-0.3, -0.25) is 0 Å². The first-order valence-corrected chi connectivity index (χ1v) is 7.51. The van der Waals surface area contributed by atoms with Crippen molar-refractivity contribution in [2.24, 2.45) is 0 Å². The molecule has 2 heterocycles. The summed E-state index contributed by atoms with van der Waals surface area (Å²) in [5, 5.41) is 9.93. The fourth-order valence-corrected chi connectivity index (χ4v) is 2.62. The maximum atomic E-state index is 12.8. The van der Waals surface area contributed by atoms with Gasteiger partial charge in [0.1, 0.15) is 0 Å². The third kappa shape index (κ3) is 3.27. The number of amides is 2. The van der Waals surface area contributed by atoms with E-state index in [1.165, 1.54) is 17.0 Å². The Morgan fingerprint density at radius 1 is 1.17 bits per heavy atom. The normalized spacial score (nSPS) is 14.5. The van der Waals surface area contributed by atoms with Gasteiger partial charge in [-0.15, -0.1) is 10.2 Å². The summed E-state index contributed by atoms with van der Waals surface area (Å²) in [5.74, 6) is -0.972. The molecule has 11 heteroatoms. The molecule has 0 aliphatic carbocycles. The molecule has 0 saturated heterocycles. The molecular formula is C13H10Cl2F3N5O. The Bertz CT molecular complexity index is 792. The number of hydrogen-bond donors (Lipinski definition) is 1. The lowest BCUT2D eigenvalue weighted by molar-refractivity contribution is -0.147. The van der Waals surface area contributed by atoms with Crippen LogP contribution >= 0.6 is 23.2 Å². The highest BCUT2D eigenvalue weighted by atomic mass is 35.5. The number of nitrogens with one attached hydrogen (secondary N) is 1. The number of hydrogen-bond acceptors (Lipinski definition) is 3. The van der Waals surface area contributed by atoms with Crippen LogP contribution in [0.15, 0.2) is 18.2 Å². The van der Waals surface area contributed by atoms with Crippen LogP contribution in [-0.4, -0.2) is 32.2 Å². The summed E-state index contributed by atoms with van der Waals surface area (Å²) in [6.45, 7) is -0.0104. The van der Waals surface area contributed by atoms with Gasteiger partial charge in [0.15, 0.2) is 5.82 Å². The number of halogens is 5. The molecule has 2 amide bonds. The van der Waals surface area contributed by atoms with Crippen molar-refractivity contribution in [2.75, 3.05) is 11.9 Å². The van der Waals surface area contributed by atoms with E-state index in [9.17, 15) is 18.0 Å². The van der Waals surface area contributed by atoms with E-state index >= 15 is 0 Å². The zero-order valence-electron chi connectivity index (χ0n) is 11.9. The summed E-state index contributed by atoms with van der Waals surface area (Å²) in [4.78, 5) is 13.6. The van der Waals surface area contributed by atoms with Gasteiger partial charge in [0.25, 0.3) is 0 Å². The van der Waals surface area contributed by atoms with E-state index in [1.807, 2.05) is 0 Å². The minimum atomic E-state index is -4.57. The lowest BCUT2D eigenvalue weighted by atomic mass is 10.3. The molecule has 1 aliphatic heterocycles. The highest BCUT2D eigenvalue weighted by molar-refractivity contribution is 6.42. The molecule has 1 aliphatic rings. The number of urea groups is 1. The van der Waals surface area contributed by atoms with Crippen molar-refractivity contribution in [3.05, 3.63) is 39.9 Å². The molecule has 6 nitrogen and oxygen atoms in total. The highest BCUT2D eigenvalue weighted by Gasteiger charge is 2.39. The molecule has 0 atom stereocenters. The second kappa shape index (κ2) is 6.14. The molecule has 3 rings (SSSR count). The Morgan fingerprint density at radius 3 is 2.58 bits per heavy atom. The molecule has 1 N–H and O–H groups in total. The van der Waals surface area contributed by atoms with Crippen molar-refractivity contribution in [1.29, 1.82) is 0 Å². The van der Waals surface area contributed by atoms with Gasteiger partial charge in [-0.25, -0.2) is 4.79 Å². The molecule has 0 fully saturated rings. The van der Waals surface area contributed by atoms with Gasteiger partial charge in [-0.2, -0.15) is 13.2 Å². The number of carbonyl (C=O) groups excluding carboxylic acids is 1. The van der Waals surface area contributed by atoms with E-state index in [4.69, 9.17) is 23.2 Å². The van der Waals surface area contributed by atoms with Gasteiger partial charge in [0.05, 0.1) is 16.6 Å².